The molecule has 2 amide bonds. The summed E-state index contributed by atoms with van der Waals surface area (Å²) in [5, 5.41) is 5.14. The molecule has 0 saturated carbocycles. The predicted molar refractivity (Wildman–Crippen MR) is 131 cm³/mol. The van der Waals surface area contributed by atoms with Gasteiger partial charge < -0.3 is 15.5 Å². The van der Waals surface area contributed by atoms with E-state index in [4.69, 9.17) is 0 Å². The number of nitrogens with zero attached hydrogens (tertiary/aromatic N) is 2. The Bertz CT molecular complexity index is 1160. The molecule has 9 heteroatoms. The standard InChI is InChI=1S/C15H12F3NO.C11H15N3O/c1-10-5-7-11(8-6-10)14(20)19-13-4-2-3-12(9-13)15(16,17)18;1-9(15)13-11-8-10(4-5-12-11)14-6-2-3-7-14/h2-9H,1H3,(H,19,20);4-5,8H,2-3,6-7H2,1H3,(H,12,13,15). The Balaban J connectivity index is 0.000000203. The van der Waals surface area contributed by atoms with Crippen LogP contribution in [0.25, 0.3) is 0 Å². The molecule has 1 aromatic heterocycles. The topological polar surface area (TPSA) is 74.3 Å². The summed E-state index contributed by atoms with van der Waals surface area (Å²) < 4.78 is 37.7. The number of carbonyl (C=O) groups excluding carboxylic acids is 2. The number of benzene rings is 2. The molecule has 35 heavy (non-hydrogen) atoms. The van der Waals surface area contributed by atoms with Crippen molar-refractivity contribution >= 4 is 29.0 Å². The van der Waals surface area contributed by atoms with Crippen molar-refractivity contribution in [2.24, 2.45) is 0 Å². The molecule has 0 radical (unpaired) electrons. The lowest BCUT2D eigenvalue weighted by Gasteiger charge is -2.17. The first-order valence-corrected chi connectivity index (χ1v) is 11.2. The van der Waals surface area contributed by atoms with E-state index in [0.717, 1.165) is 36.5 Å². The maximum absolute atomic E-state index is 12.6. The number of alkyl halides is 3. The Morgan fingerprint density at radius 2 is 1.63 bits per heavy atom. The molecule has 0 bridgehead atoms. The lowest BCUT2D eigenvalue weighted by Crippen LogP contribution is -2.18. The molecule has 3 aromatic rings. The number of rotatable bonds is 4. The van der Waals surface area contributed by atoms with E-state index in [2.05, 4.69) is 20.5 Å². The van der Waals surface area contributed by atoms with Gasteiger partial charge in [0.2, 0.25) is 5.91 Å². The lowest BCUT2D eigenvalue weighted by molar-refractivity contribution is -0.137. The highest BCUT2D eigenvalue weighted by Crippen LogP contribution is 2.30. The summed E-state index contributed by atoms with van der Waals surface area (Å²) in [6.07, 6.45) is -0.195. The van der Waals surface area contributed by atoms with Crippen LogP contribution in [0.2, 0.25) is 0 Å². The number of amides is 2. The van der Waals surface area contributed by atoms with Crippen LogP contribution in [0.5, 0.6) is 0 Å². The number of hydrogen-bond donors (Lipinski definition) is 2. The highest BCUT2D eigenvalue weighted by molar-refractivity contribution is 6.04. The Kier molecular flexibility index (Phi) is 8.46. The quantitative estimate of drug-likeness (QED) is 0.483. The van der Waals surface area contributed by atoms with Crippen LogP contribution in [-0.4, -0.2) is 29.9 Å². The maximum Gasteiger partial charge on any atom is 0.416 e. The first kappa shape index (κ1) is 25.7. The van der Waals surface area contributed by atoms with Crippen molar-refractivity contribution < 1.29 is 22.8 Å². The van der Waals surface area contributed by atoms with Crippen LogP contribution in [0, 0.1) is 6.92 Å². The second-order valence-corrected chi connectivity index (χ2v) is 8.17. The fourth-order valence-electron chi connectivity index (χ4n) is 3.52. The minimum atomic E-state index is -4.43. The predicted octanol–water partition coefficient (Wildman–Crippen LogP) is 5.91. The highest BCUT2D eigenvalue weighted by Gasteiger charge is 2.30. The minimum Gasteiger partial charge on any atom is -0.371 e. The molecule has 6 nitrogen and oxygen atoms in total. The van der Waals surface area contributed by atoms with Crippen LogP contribution in [0.4, 0.5) is 30.4 Å². The highest BCUT2D eigenvalue weighted by atomic mass is 19.4. The maximum atomic E-state index is 12.6. The third kappa shape index (κ3) is 7.84. The molecule has 184 valence electrons. The minimum absolute atomic E-state index is 0.0823. The van der Waals surface area contributed by atoms with Gasteiger partial charge in [-0.2, -0.15) is 13.2 Å². The van der Waals surface area contributed by atoms with E-state index in [1.54, 1.807) is 30.5 Å². The van der Waals surface area contributed by atoms with Crippen LogP contribution in [0.15, 0.2) is 66.9 Å². The molecule has 0 spiro atoms. The van der Waals surface area contributed by atoms with E-state index in [9.17, 15) is 22.8 Å². The number of aryl methyl sites for hydroxylation is 1. The molecular weight excluding hydrogens is 457 g/mol. The van der Waals surface area contributed by atoms with Crippen LogP contribution in [-0.2, 0) is 11.0 Å². The van der Waals surface area contributed by atoms with Gasteiger partial charge in [0.25, 0.3) is 5.91 Å². The first-order valence-electron chi connectivity index (χ1n) is 11.2. The van der Waals surface area contributed by atoms with Gasteiger partial charge in [0.05, 0.1) is 5.56 Å². The number of anilines is 3. The zero-order chi connectivity index (χ0) is 25.4. The average molecular weight is 485 g/mol. The molecule has 0 unspecified atom stereocenters. The molecular formula is C26H27F3N4O2. The normalized spacial score (nSPS) is 13.0. The largest absolute Gasteiger partial charge is 0.416 e. The molecule has 1 aliphatic rings. The van der Waals surface area contributed by atoms with Crippen LogP contribution < -0.4 is 15.5 Å². The van der Waals surface area contributed by atoms with Crippen molar-refractivity contribution in [3.05, 3.63) is 83.6 Å². The van der Waals surface area contributed by atoms with E-state index >= 15 is 0 Å². The summed E-state index contributed by atoms with van der Waals surface area (Å²) in [6.45, 7) is 5.58. The van der Waals surface area contributed by atoms with Gasteiger partial charge in [-0.15, -0.1) is 0 Å². The molecule has 1 saturated heterocycles. The van der Waals surface area contributed by atoms with Gasteiger partial charge in [0.1, 0.15) is 5.82 Å². The fourth-order valence-corrected chi connectivity index (χ4v) is 3.52. The van der Waals surface area contributed by atoms with Crippen molar-refractivity contribution in [2.45, 2.75) is 32.9 Å². The van der Waals surface area contributed by atoms with Gasteiger partial charge >= 0.3 is 6.18 Å². The van der Waals surface area contributed by atoms with Crippen LogP contribution in [0.3, 0.4) is 0 Å². The molecule has 2 N–H and O–H groups in total. The third-order valence-electron chi connectivity index (χ3n) is 5.28. The zero-order valence-electron chi connectivity index (χ0n) is 19.5. The summed E-state index contributed by atoms with van der Waals surface area (Å²) in [6, 6.07) is 15.2. The average Bonchev–Trinajstić information content (AvgIpc) is 3.34. The van der Waals surface area contributed by atoms with Crippen molar-refractivity contribution in [3.63, 3.8) is 0 Å². The van der Waals surface area contributed by atoms with Crippen LogP contribution in [0.1, 0.15) is 41.3 Å². The summed E-state index contributed by atoms with van der Waals surface area (Å²) >= 11 is 0. The van der Waals surface area contributed by atoms with Gasteiger partial charge in [-0.3, -0.25) is 9.59 Å². The number of pyridine rings is 1. The third-order valence-corrected chi connectivity index (χ3v) is 5.28. The molecule has 4 rings (SSSR count). The Morgan fingerprint density at radius 3 is 2.26 bits per heavy atom. The molecule has 0 atom stereocenters. The number of carbonyl (C=O) groups is 2. The Labute approximate surface area is 202 Å². The summed E-state index contributed by atoms with van der Waals surface area (Å²) in [7, 11) is 0. The van der Waals surface area contributed by atoms with Crippen molar-refractivity contribution in [2.75, 3.05) is 28.6 Å². The Hall–Kier alpha value is -3.88. The monoisotopic (exact) mass is 484 g/mol. The second kappa shape index (κ2) is 11.5. The van der Waals surface area contributed by atoms with E-state index in [1.165, 1.54) is 31.9 Å². The van der Waals surface area contributed by atoms with Gasteiger partial charge in [-0.05, 0) is 56.2 Å². The van der Waals surface area contributed by atoms with Crippen LogP contribution >= 0.6 is 0 Å². The second-order valence-electron chi connectivity index (χ2n) is 8.17. The smallest absolute Gasteiger partial charge is 0.371 e. The number of nitrogens with one attached hydrogen (secondary N) is 2. The lowest BCUT2D eigenvalue weighted by atomic mass is 10.1. The van der Waals surface area contributed by atoms with E-state index in [1.807, 2.05) is 19.1 Å². The molecule has 1 aliphatic heterocycles. The molecule has 2 heterocycles. The molecule has 0 aliphatic carbocycles. The summed E-state index contributed by atoms with van der Waals surface area (Å²) in [5.41, 5.74) is 1.87. The first-order chi connectivity index (χ1) is 16.6. The molecule has 2 aromatic carbocycles. The fraction of sp³-hybridized carbons (Fsp3) is 0.269. The number of aromatic nitrogens is 1. The van der Waals surface area contributed by atoms with Crippen molar-refractivity contribution in [1.82, 2.24) is 4.98 Å². The number of halogens is 3. The zero-order valence-corrected chi connectivity index (χ0v) is 19.5. The van der Waals surface area contributed by atoms with Gasteiger partial charge in [-0.1, -0.05) is 23.8 Å². The summed E-state index contributed by atoms with van der Waals surface area (Å²) in [5.74, 6) is 0.109. The molecule has 1 fully saturated rings. The summed E-state index contributed by atoms with van der Waals surface area (Å²) in [4.78, 5) is 29.2. The van der Waals surface area contributed by atoms with Gasteiger partial charge in [0, 0.05) is 49.2 Å². The van der Waals surface area contributed by atoms with Gasteiger partial charge in [-0.25, -0.2) is 4.98 Å². The van der Waals surface area contributed by atoms with Gasteiger partial charge in [0.15, 0.2) is 0 Å². The van der Waals surface area contributed by atoms with E-state index in [-0.39, 0.29) is 11.6 Å². The van der Waals surface area contributed by atoms with E-state index in [0.29, 0.717) is 11.4 Å². The Morgan fingerprint density at radius 1 is 0.943 bits per heavy atom. The van der Waals surface area contributed by atoms with Crippen molar-refractivity contribution in [3.8, 4) is 0 Å². The van der Waals surface area contributed by atoms with E-state index < -0.39 is 17.6 Å². The SMILES string of the molecule is CC(=O)Nc1cc(N2CCCC2)ccn1.Cc1ccc(C(=O)Nc2cccc(C(F)(F)F)c2)cc1. The van der Waals surface area contributed by atoms with Crippen molar-refractivity contribution in [1.29, 1.82) is 0 Å². The number of hydrogen-bond acceptors (Lipinski definition) is 4.